The van der Waals surface area contributed by atoms with E-state index in [9.17, 15) is 4.79 Å². The lowest BCUT2D eigenvalue weighted by atomic mass is 9.98. The Morgan fingerprint density at radius 1 is 1.30 bits per heavy atom. The van der Waals surface area contributed by atoms with Crippen LogP contribution in [0, 0.1) is 6.92 Å². The zero-order valence-electron chi connectivity index (χ0n) is 14.8. The summed E-state index contributed by atoms with van der Waals surface area (Å²) in [4.78, 5) is 26.9. The molecule has 4 rings (SSSR count). The molecule has 3 aromatic heterocycles. The fourth-order valence-electron chi connectivity index (χ4n) is 3.04. The average Bonchev–Trinajstić information content (AvgIpc) is 3.36. The van der Waals surface area contributed by atoms with E-state index in [2.05, 4.69) is 30.6 Å². The van der Waals surface area contributed by atoms with Gasteiger partial charge in [-0.05, 0) is 25.0 Å². The van der Waals surface area contributed by atoms with Gasteiger partial charge >= 0.3 is 6.03 Å². The van der Waals surface area contributed by atoms with Crippen LogP contribution in [0.3, 0.4) is 0 Å². The van der Waals surface area contributed by atoms with Crippen molar-refractivity contribution in [3.05, 3.63) is 42.0 Å². The van der Waals surface area contributed by atoms with Crippen LogP contribution in [0.15, 0.2) is 33.4 Å². The maximum Gasteiger partial charge on any atom is 0.317 e. The molecule has 1 atom stereocenters. The molecule has 3 aromatic rings. The summed E-state index contributed by atoms with van der Waals surface area (Å²) < 4.78 is 10.2. The first-order chi connectivity index (χ1) is 13.2. The van der Waals surface area contributed by atoms with Gasteiger partial charge in [0.1, 0.15) is 5.69 Å². The first kappa shape index (κ1) is 17.1. The van der Waals surface area contributed by atoms with E-state index < -0.39 is 0 Å². The lowest BCUT2D eigenvalue weighted by Gasteiger charge is -2.31. The molecular formula is C17H19N7O3. The number of carbonyl (C=O) groups excluding carboxylic acids is 1. The smallest absolute Gasteiger partial charge is 0.317 e. The molecule has 0 aliphatic carbocycles. The highest BCUT2D eigenvalue weighted by molar-refractivity contribution is 5.74. The molecule has 1 aliphatic heterocycles. The third-order valence-corrected chi connectivity index (χ3v) is 4.37. The summed E-state index contributed by atoms with van der Waals surface area (Å²) >= 11 is 0. The molecule has 1 unspecified atom stereocenters. The molecule has 0 radical (unpaired) electrons. The average molecular weight is 369 g/mol. The number of hydrogen-bond acceptors (Lipinski definition) is 8. The number of aryl methyl sites for hydroxylation is 1. The fraction of sp³-hybridized carbons (Fsp3) is 0.412. The van der Waals surface area contributed by atoms with Crippen molar-refractivity contribution in [1.82, 2.24) is 35.5 Å². The molecule has 0 spiro atoms. The van der Waals surface area contributed by atoms with E-state index in [1.807, 2.05) is 12.1 Å². The third-order valence-electron chi connectivity index (χ3n) is 4.37. The minimum Gasteiger partial charge on any atom is -0.340 e. The van der Waals surface area contributed by atoms with Gasteiger partial charge < -0.3 is 19.3 Å². The highest BCUT2D eigenvalue weighted by atomic mass is 16.5. The number of rotatable bonds is 4. The van der Waals surface area contributed by atoms with Crippen LogP contribution in [-0.2, 0) is 6.54 Å². The second kappa shape index (κ2) is 7.52. The minimum absolute atomic E-state index is 0.0844. The first-order valence-electron chi connectivity index (χ1n) is 8.76. The van der Waals surface area contributed by atoms with Crippen LogP contribution < -0.4 is 5.32 Å². The van der Waals surface area contributed by atoms with Gasteiger partial charge in [0.15, 0.2) is 5.82 Å². The van der Waals surface area contributed by atoms with Crippen molar-refractivity contribution in [3.63, 3.8) is 0 Å². The van der Waals surface area contributed by atoms with Gasteiger partial charge in [0.25, 0.3) is 0 Å². The Bertz CT molecular complexity index is 908. The number of amides is 2. The Hall–Kier alpha value is -3.30. The second-order valence-electron chi connectivity index (χ2n) is 6.34. The van der Waals surface area contributed by atoms with E-state index in [0.29, 0.717) is 42.2 Å². The maximum atomic E-state index is 12.5. The zero-order chi connectivity index (χ0) is 18.6. The van der Waals surface area contributed by atoms with Crippen LogP contribution in [0.25, 0.3) is 11.5 Å². The highest BCUT2D eigenvalue weighted by Crippen LogP contribution is 2.24. The molecule has 1 fully saturated rings. The van der Waals surface area contributed by atoms with Gasteiger partial charge in [-0.2, -0.15) is 9.97 Å². The Morgan fingerprint density at radius 2 is 2.22 bits per heavy atom. The van der Waals surface area contributed by atoms with Crippen LogP contribution in [0.1, 0.15) is 36.4 Å². The largest absolute Gasteiger partial charge is 0.340 e. The molecule has 1 saturated heterocycles. The molecule has 140 valence electrons. The molecule has 4 heterocycles. The zero-order valence-corrected chi connectivity index (χ0v) is 14.8. The molecule has 2 amide bonds. The summed E-state index contributed by atoms with van der Waals surface area (Å²) in [5.74, 6) is 1.99. The molecule has 1 aliphatic rings. The fourth-order valence-corrected chi connectivity index (χ4v) is 3.04. The lowest BCUT2D eigenvalue weighted by molar-refractivity contribution is 0.176. The summed E-state index contributed by atoms with van der Waals surface area (Å²) in [6.07, 6.45) is 3.47. The molecular weight excluding hydrogens is 350 g/mol. The number of pyridine rings is 1. The van der Waals surface area contributed by atoms with Gasteiger partial charge in [0.05, 0.1) is 6.54 Å². The number of hydrogen-bond donors (Lipinski definition) is 1. The van der Waals surface area contributed by atoms with Crippen LogP contribution in [-0.4, -0.2) is 49.3 Å². The molecule has 10 nitrogen and oxygen atoms in total. The summed E-state index contributed by atoms with van der Waals surface area (Å²) in [5, 5.41) is 10.7. The number of aromatic nitrogens is 5. The Labute approximate surface area is 155 Å². The Morgan fingerprint density at radius 3 is 3.00 bits per heavy atom. The number of carbonyl (C=O) groups is 1. The van der Waals surface area contributed by atoms with Gasteiger partial charge in [-0.25, -0.2) is 4.79 Å². The van der Waals surface area contributed by atoms with Crippen molar-refractivity contribution in [1.29, 1.82) is 0 Å². The van der Waals surface area contributed by atoms with E-state index in [-0.39, 0.29) is 18.5 Å². The number of piperidine rings is 1. The number of urea groups is 1. The molecule has 0 aromatic carbocycles. The minimum atomic E-state index is -0.183. The summed E-state index contributed by atoms with van der Waals surface area (Å²) in [6.45, 7) is 3.14. The van der Waals surface area contributed by atoms with Crippen molar-refractivity contribution < 1.29 is 13.8 Å². The highest BCUT2D eigenvalue weighted by Gasteiger charge is 2.27. The van der Waals surface area contributed by atoms with Gasteiger partial charge in [0, 0.05) is 32.1 Å². The lowest BCUT2D eigenvalue weighted by Crippen LogP contribution is -2.44. The first-order valence-corrected chi connectivity index (χ1v) is 8.76. The summed E-state index contributed by atoms with van der Waals surface area (Å²) in [6, 6.07) is 5.27. The van der Waals surface area contributed by atoms with Crippen molar-refractivity contribution in [2.45, 2.75) is 32.2 Å². The van der Waals surface area contributed by atoms with E-state index in [0.717, 1.165) is 12.8 Å². The van der Waals surface area contributed by atoms with Crippen molar-refractivity contribution in [2.75, 3.05) is 13.1 Å². The van der Waals surface area contributed by atoms with Gasteiger partial charge in [0.2, 0.25) is 17.6 Å². The van der Waals surface area contributed by atoms with Crippen LogP contribution in [0.4, 0.5) is 4.79 Å². The number of nitrogens with zero attached hydrogens (tertiary/aromatic N) is 6. The topological polar surface area (TPSA) is 123 Å². The van der Waals surface area contributed by atoms with Crippen molar-refractivity contribution >= 4 is 6.03 Å². The van der Waals surface area contributed by atoms with Gasteiger partial charge in [-0.15, -0.1) is 0 Å². The summed E-state index contributed by atoms with van der Waals surface area (Å²) in [5.41, 5.74) is 0.619. The molecule has 10 heteroatoms. The molecule has 1 N–H and O–H groups in total. The second-order valence-corrected chi connectivity index (χ2v) is 6.34. The van der Waals surface area contributed by atoms with Crippen LogP contribution >= 0.6 is 0 Å². The van der Waals surface area contributed by atoms with E-state index in [1.54, 1.807) is 24.1 Å². The van der Waals surface area contributed by atoms with Crippen LogP contribution in [0.5, 0.6) is 0 Å². The van der Waals surface area contributed by atoms with Crippen LogP contribution in [0.2, 0.25) is 0 Å². The molecule has 0 bridgehead atoms. The van der Waals surface area contributed by atoms with Gasteiger partial charge in [-0.1, -0.05) is 16.4 Å². The monoisotopic (exact) mass is 369 g/mol. The maximum absolute atomic E-state index is 12.5. The predicted molar refractivity (Wildman–Crippen MR) is 92.3 cm³/mol. The quantitative estimate of drug-likeness (QED) is 0.740. The van der Waals surface area contributed by atoms with Gasteiger partial charge in [-0.3, -0.25) is 4.98 Å². The SMILES string of the molecule is Cc1nc(C2CCCN(C(=O)NCc3nc(-c4ccccn4)no3)C2)no1. The Balaban J connectivity index is 1.33. The molecule has 27 heavy (non-hydrogen) atoms. The Kier molecular flexibility index (Phi) is 4.77. The number of nitrogens with one attached hydrogen (secondary N) is 1. The van der Waals surface area contributed by atoms with Crippen molar-refractivity contribution in [3.8, 4) is 11.5 Å². The third kappa shape index (κ3) is 3.94. The molecule has 0 saturated carbocycles. The predicted octanol–water partition coefficient (Wildman–Crippen LogP) is 1.91. The number of likely N-dealkylation sites (tertiary alicyclic amines) is 1. The van der Waals surface area contributed by atoms with E-state index in [1.165, 1.54) is 0 Å². The normalized spacial score (nSPS) is 17.1. The van der Waals surface area contributed by atoms with E-state index >= 15 is 0 Å². The summed E-state index contributed by atoms with van der Waals surface area (Å²) in [7, 11) is 0. The van der Waals surface area contributed by atoms with E-state index in [4.69, 9.17) is 9.05 Å². The standard InChI is InChI=1S/C17H19N7O3/c1-11-20-15(22-26-11)12-5-4-8-24(10-12)17(25)19-9-14-21-16(23-27-14)13-6-2-3-7-18-13/h2-3,6-7,12H,4-5,8-10H2,1H3,(H,19,25). The van der Waals surface area contributed by atoms with Crippen molar-refractivity contribution in [2.24, 2.45) is 0 Å².